The number of rotatable bonds is 3. The molecule has 0 unspecified atom stereocenters. The highest BCUT2D eigenvalue weighted by Gasteiger charge is 2.07. The van der Waals surface area contributed by atoms with Gasteiger partial charge in [-0.05, 0) is 36.8 Å². The summed E-state index contributed by atoms with van der Waals surface area (Å²) in [5.41, 5.74) is 1.46. The summed E-state index contributed by atoms with van der Waals surface area (Å²) in [6.45, 7) is 1.87. The van der Waals surface area contributed by atoms with Gasteiger partial charge in [-0.3, -0.25) is 5.32 Å². The molecular formula is C14H14ClN3O2. The molecule has 2 aromatic rings. The summed E-state index contributed by atoms with van der Waals surface area (Å²) >= 11 is 5.99. The molecule has 0 aliphatic heterocycles. The number of halogens is 1. The predicted octanol–water partition coefficient (Wildman–Crippen LogP) is 3.70. The van der Waals surface area contributed by atoms with Crippen molar-refractivity contribution in [3.05, 3.63) is 47.1 Å². The number of methoxy groups -OCH3 is 1. The molecule has 0 aliphatic carbocycles. The summed E-state index contributed by atoms with van der Waals surface area (Å²) in [6.07, 6.45) is 1.62. The van der Waals surface area contributed by atoms with Gasteiger partial charge >= 0.3 is 6.03 Å². The summed E-state index contributed by atoms with van der Waals surface area (Å²) in [6, 6.07) is 8.30. The molecule has 0 bridgehead atoms. The quantitative estimate of drug-likeness (QED) is 0.906. The highest BCUT2D eigenvalue weighted by molar-refractivity contribution is 6.32. The second-order valence-corrected chi connectivity index (χ2v) is 4.50. The number of pyridine rings is 1. The van der Waals surface area contributed by atoms with Crippen LogP contribution < -0.4 is 15.4 Å². The molecule has 1 aromatic heterocycles. The van der Waals surface area contributed by atoms with E-state index in [0.29, 0.717) is 22.3 Å². The van der Waals surface area contributed by atoms with Crippen LogP contribution in [0.1, 0.15) is 5.56 Å². The number of amides is 2. The first kappa shape index (κ1) is 14.1. The highest BCUT2D eigenvalue weighted by Crippen LogP contribution is 2.27. The van der Waals surface area contributed by atoms with Crippen LogP contribution in [0.15, 0.2) is 36.5 Å². The Balaban J connectivity index is 2.05. The van der Waals surface area contributed by atoms with Gasteiger partial charge < -0.3 is 10.1 Å². The number of benzene rings is 1. The predicted molar refractivity (Wildman–Crippen MR) is 79.6 cm³/mol. The van der Waals surface area contributed by atoms with Crippen LogP contribution in [-0.2, 0) is 0 Å². The van der Waals surface area contributed by atoms with Gasteiger partial charge in [0.15, 0.2) is 0 Å². The second kappa shape index (κ2) is 6.25. The van der Waals surface area contributed by atoms with E-state index in [-0.39, 0.29) is 6.03 Å². The number of carbonyl (C=O) groups is 1. The van der Waals surface area contributed by atoms with Crippen molar-refractivity contribution >= 4 is 29.1 Å². The lowest BCUT2D eigenvalue weighted by Crippen LogP contribution is -2.20. The van der Waals surface area contributed by atoms with Crippen LogP contribution in [-0.4, -0.2) is 18.1 Å². The van der Waals surface area contributed by atoms with E-state index in [1.54, 1.807) is 24.4 Å². The maximum atomic E-state index is 11.9. The number of aryl methyl sites for hydroxylation is 1. The van der Waals surface area contributed by atoms with Crippen LogP contribution in [0.25, 0.3) is 0 Å². The maximum Gasteiger partial charge on any atom is 0.324 e. The maximum absolute atomic E-state index is 11.9. The molecule has 0 spiro atoms. The molecule has 104 valence electrons. The minimum atomic E-state index is -0.381. The van der Waals surface area contributed by atoms with Crippen LogP contribution in [0.4, 0.5) is 16.3 Å². The van der Waals surface area contributed by atoms with Gasteiger partial charge in [-0.1, -0.05) is 17.7 Å². The topological polar surface area (TPSA) is 63.2 Å². The number of carbonyl (C=O) groups excluding carboxylic acids is 1. The second-order valence-electron chi connectivity index (χ2n) is 4.10. The zero-order valence-electron chi connectivity index (χ0n) is 11.1. The monoisotopic (exact) mass is 291 g/mol. The lowest BCUT2D eigenvalue weighted by Gasteiger charge is -2.10. The van der Waals surface area contributed by atoms with Gasteiger partial charge in [-0.15, -0.1) is 0 Å². The third-order valence-corrected chi connectivity index (χ3v) is 2.95. The number of anilines is 2. The Morgan fingerprint density at radius 2 is 2.10 bits per heavy atom. The normalized spacial score (nSPS) is 9.95. The number of hydrogen-bond acceptors (Lipinski definition) is 3. The number of ether oxygens (including phenoxy) is 1. The number of urea groups is 1. The van der Waals surface area contributed by atoms with E-state index in [9.17, 15) is 4.79 Å². The minimum absolute atomic E-state index is 0.381. The van der Waals surface area contributed by atoms with Gasteiger partial charge in [0.25, 0.3) is 0 Å². The van der Waals surface area contributed by atoms with Gasteiger partial charge in [0.2, 0.25) is 0 Å². The SMILES string of the molecule is COc1ccc(NC(=O)Nc2ncccc2C)cc1Cl. The number of hydrogen-bond donors (Lipinski definition) is 2. The molecule has 2 rings (SSSR count). The third kappa shape index (κ3) is 3.39. The van der Waals surface area contributed by atoms with Crippen molar-refractivity contribution in [3.63, 3.8) is 0 Å². The summed E-state index contributed by atoms with van der Waals surface area (Å²) in [5.74, 6) is 1.07. The lowest BCUT2D eigenvalue weighted by molar-refractivity contribution is 0.262. The molecule has 0 saturated heterocycles. The number of aromatic nitrogens is 1. The van der Waals surface area contributed by atoms with Gasteiger partial charge in [-0.25, -0.2) is 9.78 Å². The Hall–Kier alpha value is -2.27. The molecule has 1 aromatic carbocycles. The molecule has 0 radical (unpaired) electrons. The molecule has 0 aliphatic rings. The van der Waals surface area contributed by atoms with Gasteiger partial charge in [0.1, 0.15) is 11.6 Å². The molecule has 20 heavy (non-hydrogen) atoms. The van der Waals surface area contributed by atoms with Crippen LogP contribution in [0.5, 0.6) is 5.75 Å². The molecule has 2 N–H and O–H groups in total. The molecule has 0 fully saturated rings. The van der Waals surface area contributed by atoms with Crippen molar-refractivity contribution in [2.75, 3.05) is 17.7 Å². The Labute approximate surface area is 121 Å². The molecule has 6 heteroatoms. The van der Waals surface area contributed by atoms with E-state index in [1.165, 1.54) is 7.11 Å². The molecule has 0 saturated carbocycles. The number of nitrogens with one attached hydrogen (secondary N) is 2. The Morgan fingerprint density at radius 1 is 1.30 bits per heavy atom. The summed E-state index contributed by atoms with van der Waals surface area (Å²) in [7, 11) is 1.53. The minimum Gasteiger partial charge on any atom is -0.495 e. The Morgan fingerprint density at radius 3 is 2.75 bits per heavy atom. The molecule has 0 atom stereocenters. The largest absolute Gasteiger partial charge is 0.495 e. The van der Waals surface area contributed by atoms with E-state index < -0.39 is 0 Å². The molecule has 5 nitrogen and oxygen atoms in total. The highest BCUT2D eigenvalue weighted by atomic mass is 35.5. The number of nitrogens with zero attached hydrogens (tertiary/aromatic N) is 1. The zero-order chi connectivity index (χ0) is 14.5. The van der Waals surface area contributed by atoms with Crippen molar-refractivity contribution in [1.82, 2.24) is 4.98 Å². The van der Waals surface area contributed by atoms with Crippen molar-refractivity contribution in [1.29, 1.82) is 0 Å². The van der Waals surface area contributed by atoms with Crippen LogP contribution >= 0.6 is 11.6 Å². The van der Waals surface area contributed by atoms with Crippen molar-refractivity contribution < 1.29 is 9.53 Å². The van der Waals surface area contributed by atoms with E-state index in [4.69, 9.17) is 16.3 Å². The standard InChI is InChI=1S/C14H14ClN3O2/c1-9-4-3-7-16-13(9)18-14(19)17-10-5-6-12(20-2)11(15)8-10/h3-8H,1-2H3,(H2,16,17,18,19). The first-order chi connectivity index (χ1) is 9.60. The Bertz CT molecular complexity index is 632. The van der Waals surface area contributed by atoms with Gasteiger partial charge in [0.05, 0.1) is 12.1 Å². The van der Waals surface area contributed by atoms with Crippen LogP contribution in [0.2, 0.25) is 5.02 Å². The van der Waals surface area contributed by atoms with Crippen molar-refractivity contribution in [2.45, 2.75) is 6.92 Å². The smallest absolute Gasteiger partial charge is 0.324 e. The van der Waals surface area contributed by atoms with E-state index in [1.807, 2.05) is 19.1 Å². The molecule has 2 amide bonds. The zero-order valence-corrected chi connectivity index (χ0v) is 11.9. The fraction of sp³-hybridized carbons (Fsp3) is 0.143. The first-order valence-electron chi connectivity index (χ1n) is 5.93. The van der Waals surface area contributed by atoms with E-state index in [2.05, 4.69) is 15.6 Å². The van der Waals surface area contributed by atoms with Crippen LogP contribution in [0.3, 0.4) is 0 Å². The molecule has 1 heterocycles. The summed E-state index contributed by atoms with van der Waals surface area (Å²) in [4.78, 5) is 16.0. The Kier molecular flexibility index (Phi) is 4.42. The third-order valence-electron chi connectivity index (χ3n) is 2.65. The fourth-order valence-electron chi connectivity index (χ4n) is 1.63. The summed E-state index contributed by atoms with van der Waals surface area (Å²) in [5, 5.41) is 5.78. The lowest BCUT2D eigenvalue weighted by atomic mass is 10.3. The molecular weight excluding hydrogens is 278 g/mol. The summed E-state index contributed by atoms with van der Waals surface area (Å²) < 4.78 is 5.05. The van der Waals surface area contributed by atoms with Crippen molar-refractivity contribution in [3.8, 4) is 5.75 Å². The van der Waals surface area contributed by atoms with Gasteiger partial charge in [0, 0.05) is 11.9 Å². The van der Waals surface area contributed by atoms with Gasteiger partial charge in [-0.2, -0.15) is 0 Å². The van der Waals surface area contributed by atoms with E-state index in [0.717, 1.165) is 5.56 Å². The first-order valence-corrected chi connectivity index (χ1v) is 6.31. The van der Waals surface area contributed by atoms with Crippen LogP contribution in [0, 0.1) is 6.92 Å². The fourth-order valence-corrected chi connectivity index (χ4v) is 1.89. The van der Waals surface area contributed by atoms with E-state index >= 15 is 0 Å². The average molecular weight is 292 g/mol. The van der Waals surface area contributed by atoms with Crippen molar-refractivity contribution in [2.24, 2.45) is 0 Å². The average Bonchev–Trinajstić information content (AvgIpc) is 2.41.